The molecule has 5 heteroatoms. The summed E-state index contributed by atoms with van der Waals surface area (Å²) in [6.45, 7) is 6.23. The summed E-state index contributed by atoms with van der Waals surface area (Å²) in [5.41, 5.74) is 0.0672. The van der Waals surface area contributed by atoms with Crippen molar-refractivity contribution in [3.05, 3.63) is 23.9 Å². The van der Waals surface area contributed by atoms with E-state index in [0.717, 1.165) is 6.42 Å². The monoisotopic (exact) mass is 252 g/mol. The van der Waals surface area contributed by atoms with E-state index in [2.05, 4.69) is 31.1 Å². The molecule has 0 fully saturated rings. The van der Waals surface area contributed by atoms with E-state index in [9.17, 15) is 9.90 Å². The normalized spacial score (nSPS) is 13.1. The van der Waals surface area contributed by atoms with Gasteiger partial charge in [0, 0.05) is 0 Å². The van der Waals surface area contributed by atoms with Gasteiger partial charge in [0.1, 0.15) is 5.82 Å². The standard InChI is InChI=1S/C13H20N2O3/c1-13(2,3)7-9(8-16)14-11-6-4-5-10(15-11)12(17)18/h4-6,9,16H,7-8H2,1-3H3,(H,14,15)(H,17,18). The number of carboxylic acid groups (broad SMARTS) is 1. The zero-order valence-electron chi connectivity index (χ0n) is 11.0. The van der Waals surface area contributed by atoms with Crippen molar-refractivity contribution in [3.8, 4) is 0 Å². The molecule has 0 spiro atoms. The molecule has 0 radical (unpaired) electrons. The first kappa shape index (κ1) is 14.4. The van der Waals surface area contributed by atoms with E-state index in [-0.39, 0.29) is 23.8 Å². The second-order valence-electron chi connectivity index (χ2n) is 5.50. The van der Waals surface area contributed by atoms with Crippen molar-refractivity contribution in [3.63, 3.8) is 0 Å². The lowest BCUT2D eigenvalue weighted by Gasteiger charge is -2.25. The summed E-state index contributed by atoms with van der Waals surface area (Å²) in [4.78, 5) is 14.8. The van der Waals surface area contributed by atoms with Crippen LogP contribution in [-0.2, 0) is 0 Å². The Kier molecular flexibility index (Phi) is 4.67. The Labute approximate surface area is 107 Å². The van der Waals surface area contributed by atoms with Crippen LogP contribution >= 0.6 is 0 Å². The van der Waals surface area contributed by atoms with Crippen LogP contribution in [0.15, 0.2) is 18.2 Å². The highest BCUT2D eigenvalue weighted by atomic mass is 16.4. The molecule has 0 amide bonds. The van der Waals surface area contributed by atoms with E-state index in [1.54, 1.807) is 12.1 Å². The number of rotatable bonds is 5. The Hall–Kier alpha value is -1.62. The van der Waals surface area contributed by atoms with Gasteiger partial charge in [0.15, 0.2) is 5.69 Å². The lowest BCUT2D eigenvalue weighted by atomic mass is 9.88. The van der Waals surface area contributed by atoms with Crippen molar-refractivity contribution >= 4 is 11.8 Å². The maximum atomic E-state index is 10.8. The van der Waals surface area contributed by atoms with E-state index in [1.165, 1.54) is 6.07 Å². The first-order chi connectivity index (χ1) is 8.31. The molecule has 1 rings (SSSR count). The van der Waals surface area contributed by atoms with E-state index in [4.69, 9.17) is 5.11 Å². The highest BCUT2D eigenvalue weighted by Gasteiger charge is 2.18. The molecular weight excluding hydrogens is 232 g/mol. The number of pyridine rings is 1. The minimum Gasteiger partial charge on any atom is -0.477 e. The summed E-state index contributed by atoms with van der Waals surface area (Å²) in [5, 5.41) is 21.2. The quantitative estimate of drug-likeness (QED) is 0.746. The Balaban J connectivity index is 2.76. The van der Waals surface area contributed by atoms with Crippen LogP contribution < -0.4 is 5.32 Å². The van der Waals surface area contributed by atoms with Gasteiger partial charge in [0.2, 0.25) is 0 Å². The number of nitrogens with zero attached hydrogens (tertiary/aromatic N) is 1. The first-order valence-electron chi connectivity index (χ1n) is 5.89. The minimum absolute atomic E-state index is 0.00699. The molecular formula is C13H20N2O3. The number of hydrogen-bond acceptors (Lipinski definition) is 4. The molecule has 3 N–H and O–H groups in total. The zero-order chi connectivity index (χ0) is 13.8. The van der Waals surface area contributed by atoms with Gasteiger partial charge in [-0.05, 0) is 24.0 Å². The molecule has 1 aromatic rings. The molecule has 0 aromatic carbocycles. The van der Waals surface area contributed by atoms with E-state index in [0.29, 0.717) is 5.82 Å². The maximum absolute atomic E-state index is 10.8. The van der Waals surface area contributed by atoms with Crippen LogP contribution in [0.4, 0.5) is 5.82 Å². The average Bonchev–Trinajstić information content (AvgIpc) is 2.26. The van der Waals surface area contributed by atoms with Gasteiger partial charge >= 0.3 is 5.97 Å². The molecule has 1 atom stereocenters. The molecule has 0 aliphatic carbocycles. The van der Waals surface area contributed by atoms with E-state index in [1.807, 2.05) is 0 Å². The second kappa shape index (κ2) is 5.82. The molecule has 0 bridgehead atoms. The Morgan fingerprint density at radius 2 is 2.11 bits per heavy atom. The van der Waals surface area contributed by atoms with Crippen molar-refractivity contribution in [1.82, 2.24) is 4.98 Å². The topological polar surface area (TPSA) is 82.5 Å². The van der Waals surface area contributed by atoms with Crippen LogP contribution in [0.5, 0.6) is 0 Å². The number of aliphatic hydroxyl groups excluding tert-OH is 1. The minimum atomic E-state index is -1.06. The van der Waals surface area contributed by atoms with Gasteiger partial charge in [-0.15, -0.1) is 0 Å². The Morgan fingerprint density at radius 1 is 1.44 bits per heavy atom. The number of carboxylic acids is 1. The van der Waals surface area contributed by atoms with E-state index < -0.39 is 5.97 Å². The summed E-state index contributed by atoms with van der Waals surface area (Å²) >= 11 is 0. The zero-order valence-corrected chi connectivity index (χ0v) is 11.0. The van der Waals surface area contributed by atoms with Crippen LogP contribution in [0.25, 0.3) is 0 Å². The lowest BCUT2D eigenvalue weighted by Crippen LogP contribution is -2.29. The van der Waals surface area contributed by atoms with Gasteiger partial charge in [0.05, 0.1) is 12.6 Å². The van der Waals surface area contributed by atoms with Crippen molar-refractivity contribution in [1.29, 1.82) is 0 Å². The molecule has 100 valence electrons. The fourth-order valence-corrected chi connectivity index (χ4v) is 1.74. The summed E-state index contributed by atoms with van der Waals surface area (Å²) < 4.78 is 0. The van der Waals surface area contributed by atoms with Gasteiger partial charge in [0.25, 0.3) is 0 Å². The third-order valence-electron chi connectivity index (χ3n) is 2.40. The predicted octanol–water partition coefficient (Wildman–Crippen LogP) is 1.99. The SMILES string of the molecule is CC(C)(C)CC(CO)Nc1cccc(C(=O)O)n1. The molecule has 1 heterocycles. The summed E-state index contributed by atoms with van der Waals surface area (Å²) in [6, 6.07) is 4.62. The van der Waals surface area contributed by atoms with Gasteiger partial charge in [-0.3, -0.25) is 0 Å². The highest BCUT2D eigenvalue weighted by molar-refractivity contribution is 5.85. The third kappa shape index (κ3) is 4.71. The number of anilines is 1. The summed E-state index contributed by atoms with van der Waals surface area (Å²) in [6.07, 6.45) is 0.766. The number of aliphatic hydroxyl groups is 1. The molecule has 0 aliphatic heterocycles. The molecule has 1 aromatic heterocycles. The number of nitrogens with one attached hydrogen (secondary N) is 1. The molecule has 18 heavy (non-hydrogen) atoms. The smallest absolute Gasteiger partial charge is 0.354 e. The Bertz CT molecular complexity index is 413. The highest BCUT2D eigenvalue weighted by Crippen LogP contribution is 2.22. The largest absolute Gasteiger partial charge is 0.477 e. The third-order valence-corrected chi connectivity index (χ3v) is 2.40. The molecule has 0 saturated carbocycles. The van der Waals surface area contributed by atoms with E-state index >= 15 is 0 Å². The van der Waals surface area contributed by atoms with Crippen LogP contribution in [-0.4, -0.2) is 33.8 Å². The Morgan fingerprint density at radius 3 is 2.61 bits per heavy atom. The van der Waals surface area contributed by atoms with Crippen molar-refractivity contribution < 1.29 is 15.0 Å². The fraction of sp³-hybridized carbons (Fsp3) is 0.538. The fourth-order valence-electron chi connectivity index (χ4n) is 1.74. The average molecular weight is 252 g/mol. The van der Waals surface area contributed by atoms with Gasteiger partial charge in [-0.1, -0.05) is 26.8 Å². The first-order valence-corrected chi connectivity index (χ1v) is 5.89. The molecule has 1 unspecified atom stereocenters. The van der Waals surface area contributed by atoms with Crippen molar-refractivity contribution in [2.75, 3.05) is 11.9 Å². The van der Waals surface area contributed by atoms with Crippen LogP contribution in [0.1, 0.15) is 37.7 Å². The number of hydrogen-bond donors (Lipinski definition) is 3. The predicted molar refractivity (Wildman–Crippen MR) is 69.8 cm³/mol. The van der Waals surface area contributed by atoms with Crippen LogP contribution in [0.3, 0.4) is 0 Å². The molecule has 0 saturated heterocycles. The molecule has 5 nitrogen and oxygen atoms in total. The summed E-state index contributed by atoms with van der Waals surface area (Å²) in [5.74, 6) is -0.590. The van der Waals surface area contributed by atoms with Gasteiger partial charge in [-0.2, -0.15) is 0 Å². The second-order valence-corrected chi connectivity index (χ2v) is 5.50. The molecule has 0 aliphatic rings. The van der Waals surface area contributed by atoms with Crippen molar-refractivity contribution in [2.45, 2.75) is 33.2 Å². The summed E-state index contributed by atoms with van der Waals surface area (Å²) in [7, 11) is 0. The van der Waals surface area contributed by atoms with Crippen LogP contribution in [0.2, 0.25) is 0 Å². The number of aromatic nitrogens is 1. The lowest BCUT2D eigenvalue weighted by molar-refractivity contribution is 0.0690. The van der Waals surface area contributed by atoms with Gasteiger partial charge < -0.3 is 15.5 Å². The number of carbonyl (C=O) groups is 1. The van der Waals surface area contributed by atoms with Crippen molar-refractivity contribution in [2.24, 2.45) is 5.41 Å². The maximum Gasteiger partial charge on any atom is 0.354 e. The van der Waals surface area contributed by atoms with Gasteiger partial charge in [-0.25, -0.2) is 9.78 Å². The number of aromatic carboxylic acids is 1. The van der Waals surface area contributed by atoms with Crippen LogP contribution in [0, 0.1) is 5.41 Å².